The maximum Gasteiger partial charge on any atom is 0.472 e. The molecular weight excluding hydrogens is 1060 g/mol. The lowest BCUT2D eigenvalue weighted by molar-refractivity contribution is -0.870. The average Bonchev–Trinajstić information content (AvgIpc) is 3.61. The van der Waals surface area contributed by atoms with Gasteiger partial charge in [-0.2, -0.15) is 0 Å². The van der Waals surface area contributed by atoms with E-state index in [0.29, 0.717) is 17.4 Å². The van der Waals surface area contributed by atoms with Crippen molar-refractivity contribution in [3.05, 3.63) is 182 Å². The van der Waals surface area contributed by atoms with Crippen molar-refractivity contribution in [1.82, 2.24) is 0 Å². The van der Waals surface area contributed by atoms with Crippen molar-refractivity contribution in [3.63, 3.8) is 0 Å². The van der Waals surface area contributed by atoms with Gasteiger partial charge in [0.2, 0.25) is 0 Å². The molecule has 0 aromatic heterocycles. The van der Waals surface area contributed by atoms with Gasteiger partial charge in [0.1, 0.15) is 19.8 Å². The zero-order chi connectivity index (χ0) is 61.2. The van der Waals surface area contributed by atoms with Crippen LogP contribution >= 0.6 is 7.82 Å². The molecule has 0 aliphatic carbocycles. The molecule has 0 amide bonds. The summed E-state index contributed by atoms with van der Waals surface area (Å²) < 4.78 is 34.6. The molecule has 10 heteroatoms. The molecule has 9 nitrogen and oxygen atoms in total. The van der Waals surface area contributed by atoms with E-state index in [1.165, 1.54) is 38.5 Å². The van der Waals surface area contributed by atoms with Crippen molar-refractivity contribution in [2.24, 2.45) is 0 Å². The van der Waals surface area contributed by atoms with E-state index >= 15 is 0 Å². The normalized spacial score (nSPS) is 14.4. The second-order valence-corrected chi connectivity index (χ2v) is 23.5. The third kappa shape index (κ3) is 66.3. The van der Waals surface area contributed by atoms with Crippen LogP contribution in [0, 0.1) is 0 Å². The number of phosphoric ester groups is 1. The van der Waals surface area contributed by atoms with E-state index in [2.05, 4.69) is 196 Å². The van der Waals surface area contributed by atoms with Crippen LogP contribution in [0.3, 0.4) is 0 Å². The molecule has 0 rings (SSSR count). The van der Waals surface area contributed by atoms with Gasteiger partial charge in [0.25, 0.3) is 0 Å². The highest BCUT2D eigenvalue weighted by molar-refractivity contribution is 7.47. The smallest absolute Gasteiger partial charge is 0.462 e. The Bertz CT molecular complexity index is 2070. The van der Waals surface area contributed by atoms with Crippen LogP contribution in [-0.4, -0.2) is 74.9 Å². The number of ether oxygens (including phenoxy) is 2. The fourth-order valence-corrected chi connectivity index (χ4v) is 8.75. The topological polar surface area (TPSA) is 108 Å². The number of esters is 2. The van der Waals surface area contributed by atoms with E-state index in [4.69, 9.17) is 18.5 Å². The van der Waals surface area contributed by atoms with Crippen molar-refractivity contribution >= 4 is 19.8 Å². The van der Waals surface area contributed by atoms with Gasteiger partial charge in [0.05, 0.1) is 27.7 Å². The summed E-state index contributed by atoms with van der Waals surface area (Å²) in [4.78, 5) is 35.8. The quantitative estimate of drug-likeness (QED) is 0.0211. The number of hydrogen-bond donors (Lipinski definition) is 1. The molecule has 0 aliphatic heterocycles. The molecule has 0 fully saturated rings. The summed E-state index contributed by atoms with van der Waals surface area (Å²) in [5, 5.41) is 0. The number of nitrogens with zero attached hydrogens (tertiary/aromatic N) is 1. The van der Waals surface area contributed by atoms with Crippen molar-refractivity contribution in [2.45, 2.75) is 225 Å². The monoisotopic (exact) mass is 1180 g/mol. The van der Waals surface area contributed by atoms with Gasteiger partial charge in [0, 0.05) is 12.8 Å². The maximum absolute atomic E-state index is 12.8. The molecule has 472 valence electrons. The third-order valence-electron chi connectivity index (χ3n) is 12.9. The Labute approximate surface area is 514 Å². The first-order chi connectivity index (χ1) is 41.0. The summed E-state index contributed by atoms with van der Waals surface area (Å²) in [7, 11) is 1.42. The van der Waals surface area contributed by atoms with Gasteiger partial charge in [-0.15, -0.1) is 0 Å². The average molecular weight is 1180 g/mol. The van der Waals surface area contributed by atoms with Crippen LogP contribution in [0.4, 0.5) is 0 Å². The predicted octanol–water partition coefficient (Wildman–Crippen LogP) is 21.1. The Balaban J connectivity index is 4.25. The first-order valence-electron chi connectivity index (χ1n) is 32.5. The molecule has 0 aromatic rings. The van der Waals surface area contributed by atoms with Gasteiger partial charge < -0.3 is 18.9 Å². The fourth-order valence-electron chi connectivity index (χ4n) is 8.01. The summed E-state index contributed by atoms with van der Waals surface area (Å²) in [6, 6.07) is 0. The highest BCUT2D eigenvalue weighted by Crippen LogP contribution is 2.43. The highest BCUT2D eigenvalue weighted by atomic mass is 31.2. The molecule has 0 heterocycles. The number of allylic oxidation sites excluding steroid dienone is 30. The van der Waals surface area contributed by atoms with E-state index in [1.807, 2.05) is 21.1 Å². The molecule has 0 saturated carbocycles. The first-order valence-corrected chi connectivity index (χ1v) is 34.0. The van der Waals surface area contributed by atoms with Crippen LogP contribution < -0.4 is 0 Å². The van der Waals surface area contributed by atoms with E-state index in [-0.39, 0.29) is 32.0 Å². The zero-order valence-corrected chi connectivity index (χ0v) is 54.4. The molecule has 1 N–H and O–H groups in total. The largest absolute Gasteiger partial charge is 0.472 e. The molecule has 0 spiro atoms. The second kappa shape index (κ2) is 62.6. The molecule has 0 bridgehead atoms. The van der Waals surface area contributed by atoms with Crippen molar-refractivity contribution in [2.75, 3.05) is 47.5 Å². The van der Waals surface area contributed by atoms with E-state index in [9.17, 15) is 19.0 Å². The van der Waals surface area contributed by atoms with Gasteiger partial charge >= 0.3 is 19.8 Å². The van der Waals surface area contributed by atoms with E-state index in [1.54, 1.807) is 0 Å². The summed E-state index contributed by atoms with van der Waals surface area (Å²) in [6.45, 7) is 4.14. The second-order valence-electron chi connectivity index (χ2n) is 22.0. The third-order valence-corrected chi connectivity index (χ3v) is 13.9. The Morgan fingerprint density at radius 2 is 0.643 bits per heavy atom. The number of unbranched alkanes of at least 4 members (excludes halogenated alkanes) is 13. The van der Waals surface area contributed by atoms with Crippen molar-refractivity contribution in [3.8, 4) is 0 Å². The number of quaternary nitrogens is 1. The Kier molecular flexibility index (Phi) is 59.0. The molecule has 84 heavy (non-hydrogen) atoms. The Hall–Kier alpha value is -4.89. The molecule has 2 atom stereocenters. The van der Waals surface area contributed by atoms with Gasteiger partial charge in [-0.05, 0) is 135 Å². The summed E-state index contributed by atoms with van der Waals surface area (Å²) in [5.74, 6) is -0.855. The standard InChI is InChI=1S/C74H118NO8P/c1-6-8-10-12-14-16-18-20-22-24-26-28-30-31-32-33-34-35-36-37-38-39-40-41-42-43-45-47-49-51-53-55-57-59-61-63-65-67-74(77)83-72(71-82-84(78,79)81-69-68-75(3,4)5)70-80-73(76)66-64-62-60-58-56-54-52-50-48-46-44-29-27-25-23-21-19-17-15-13-11-9-7-2/h8-11,14-17,20-23,26-29,31-32,34-35,37-38,40-41,43,45,49,51,55,57,72H,6-7,12-13,18-19,24-25,30,33,36,39,42,44,46-48,50,52-54,56,58-71H2,1-5H3/p+1/b10-8-,11-9-,16-14-,17-15-,22-20-,23-21-,28-26-,29-27-,32-31-,35-34-,38-37-,41-40-,45-43-,51-49-,57-55-. The van der Waals surface area contributed by atoms with Crippen LogP contribution in [-0.2, 0) is 32.7 Å². The number of carbonyl (C=O) groups is 2. The Morgan fingerprint density at radius 3 is 0.964 bits per heavy atom. The minimum atomic E-state index is -4.41. The summed E-state index contributed by atoms with van der Waals surface area (Å²) in [5.41, 5.74) is 0. The minimum absolute atomic E-state index is 0.0137. The van der Waals surface area contributed by atoms with E-state index < -0.39 is 26.5 Å². The number of rotatable bonds is 57. The number of phosphoric acid groups is 1. The molecule has 0 aliphatic rings. The van der Waals surface area contributed by atoms with Gasteiger partial charge in [-0.1, -0.05) is 254 Å². The number of likely N-dealkylation sites (N-methyl/N-ethyl adjacent to an activating group) is 1. The SMILES string of the molecule is CC/C=C\C/C=C\C/C=C\C/C=C\C/C=C\C/C=C\C/C=C\C/C=C\C/C=C\C/C=C\C/C=C\CCCCCC(=O)OC(COC(=O)CCCCCCCCCCCC/C=C\C/C=C\C/C=C\C/C=C\CC)COP(=O)(O)OCC[N+](C)(C)C. The van der Waals surface area contributed by atoms with Crippen LogP contribution in [0.15, 0.2) is 182 Å². The van der Waals surface area contributed by atoms with Crippen molar-refractivity contribution in [1.29, 1.82) is 0 Å². The lowest BCUT2D eigenvalue weighted by Gasteiger charge is -2.24. The fraction of sp³-hybridized carbons (Fsp3) is 0.568. The molecule has 2 unspecified atom stereocenters. The zero-order valence-electron chi connectivity index (χ0n) is 53.6. The van der Waals surface area contributed by atoms with Crippen LogP contribution in [0.1, 0.15) is 219 Å². The lowest BCUT2D eigenvalue weighted by atomic mass is 10.1. The number of hydrogen-bond acceptors (Lipinski definition) is 7. The Morgan fingerprint density at radius 1 is 0.369 bits per heavy atom. The lowest BCUT2D eigenvalue weighted by Crippen LogP contribution is -2.37. The van der Waals surface area contributed by atoms with Gasteiger partial charge in [0.15, 0.2) is 6.10 Å². The molecule has 0 aromatic carbocycles. The van der Waals surface area contributed by atoms with Crippen LogP contribution in [0.5, 0.6) is 0 Å². The summed E-state index contributed by atoms with van der Waals surface area (Å²) >= 11 is 0. The maximum atomic E-state index is 12.8. The van der Waals surface area contributed by atoms with Gasteiger partial charge in [-0.3, -0.25) is 18.6 Å². The van der Waals surface area contributed by atoms with Gasteiger partial charge in [-0.25, -0.2) is 4.57 Å². The summed E-state index contributed by atoms with van der Waals surface area (Å²) in [6.07, 6.45) is 96.9. The first kappa shape index (κ1) is 79.1. The van der Waals surface area contributed by atoms with Crippen LogP contribution in [0.2, 0.25) is 0 Å². The van der Waals surface area contributed by atoms with E-state index in [0.717, 1.165) is 148 Å². The predicted molar refractivity (Wildman–Crippen MR) is 362 cm³/mol. The molecule has 0 saturated heterocycles. The minimum Gasteiger partial charge on any atom is -0.462 e. The van der Waals surface area contributed by atoms with Crippen LogP contribution in [0.25, 0.3) is 0 Å². The van der Waals surface area contributed by atoms with Crippen molar-refractivity contribution < 1.29 is 42.1 Å². The molecular formula is C74H119NO8P+. The number of carbonyl (C=O) groups excluding carboxylic acids is 2. The molecule has 0 radical (unpaired) electrons. The highest BCUT2D eigenvalue weighted by Gasteiger charge is 2.27.